The van der Waals surface area contributed by atoms with E-state index in [4.69, 9.17) is 11.6 Å². The number of carbonyl (C=O) groups is 2. The summed E-state index contributed by atoms with van der Waals surface area (Å²) in [4.78, 5) is 39.4. The van der Waals surface area contributed by atoms with Crippen molar-refractivity contribution < 1.29 is 22.9 Å². The van der Waals surface area contributed by atoms with Gasteiger partial charge in [-0.3, -0.25) is 19.7 Å². The van der Waals surface area contributed by atoms with Crippen LogP contribution >= 0.6 is 23.4 Å². The second kappa shape index (κ2) is 11.8. The van der Waals surface area contributed by atoms with E-state index >= 15 is 0 Å². The van der Waals surface area contributed by atoms with Gasteiger partial charge in [0.2, 0.25) is 5.91 Å². The number of amidine groups is 1. The van der Waals surface area contributed by atoms with Crippen LogP contribution in [0, 0.1) is 10.1 Å². The summed E-state index contributed by atoms with van der Waals surface area (Å²) in [6, 6.07) is 17.2. The van der Waals surface area contributed by atoms with Crippen molar-refractivity contribution in [2.24, 2.45) is 4.99 Å². The third kappa shape index (κ3) is 7.11. The summed E-state index contributed by atoms with van der Waals surface area (Å²) in [5.41, 5.74) is 2.32. The van der Waals surface area contributed by atoms with Crippen molar-refractivity contribution in [3.63, 3.8) is 0 Å². The summed E-state index contributed by atoms with van der Waals surface area (Å²) in [5.74, 6) is -1.17. The molecule has 1 heterocycles. The first-order valence-electron chi connectivity index (χ1n) is 11.5. The Hall–Kier alpha value is -4.00. The molecule has 0 saturated carbocycles. The molecule has 3 aromatic rings. The smallest absolute Gasteiger partial charge is 0.288 e. The Kier molecular flexibility index (Phi) is 8.48. The first kappa shape index (κ1) is 28.0. The molecule has 0 bridgehead atoms. The van der Waals surface area contributed by atoms with Crippen LogP contribution < -0.4 is 10.0 Å². The summed E-state index contributed by atoms with van der Waals surface area (Å²) in [6.45, 7) is 1.96. The Bertz CT molecular complexity index is 1620. The molecule has 0 aromatic heterocycles. The predicted octanol–water partition coefficient (Wildman–Crippen LogP) is 4.94. The van der Waals surface area contributed by atoms with Crippen molar-refractivity contribution in [3.8, 4) is 0 Å². The largest absolute Gasteiger partial charge is 0.334 e. The van der Waals surface area contributed by atoms with Gasteiger partial charge < -0.3 is 5.32 Å². The van der Waals surface area contributed by atoms with Crippen molar-refractivity contribution in [2.75, 3.05) is 5.32 Å². The fourth-order valence-corrected chi connectivity index (χ4v) is 5.54. The number of halogens is 1. The molecule has 10 nitrogen and oxygen atoms in total. The number of benzene rings is 3. The van der Waals surface area contributed by atoms with E-state index in [-0.39, 0.29) is 26.9 Å². The number of thioether (sulfide) groups is 1. The highest BCUT2D eigenvalue weighted by Gasteiger charge is 2.23. The van der Waals surface area contributed by atoms with Gasteiger partial charge in [-0.25, -0.2) is 13.1 Å². The van der Waals surface area contributed by atoms with Gasteiger partial charge in [0.15, 0.2) is 5.17 Å². The lowest BCUT2D eigenvalue weighted by Crippen LogP contribution is -2.31. The number of amides is 2. The molecule has 2 N–H and O–H groups in total. The van der Waals surface area contributed by atoms with Gasteiger partial charge in [-0.05, 0) is 71.3 Å². The Labute approximate surface area is 233 Å². The molecule has 0 saturated heterocycles. The molecule has 0 radical (unpaired) electrons. The number of nitrogens with zero attached hydrogens (tertiary/aromatic N) is 2. The number of nitrogens with one attached hydrogen (secondary N) is 2. The summed E-state index contributed by atoms with van der Waals surface area (Å²) < 4.78 is 27.0. The molecule has 3 aromatic carbocycles. The number of hydrogen-bond donors (Lipinski definition) is 2. The third-order valence-corrected chi connectivity index (χ3v) is 8.15. The molecular formula is C26H21ClN4O6S2. The van der Waals surface area contributed by atoms with Crippen LogP contribution in [0.15, 0.2) is 81.5 Å². The minimum Gasteiger partial charge on any atom is -0.334 e. The lowest BCUT2D eigenvalue weighted by atomic mass is 10.1. The van der Waals surface area contributed by atoms with Crippen LogP contribution in [0.4, 0.5) is 11.4 Å². The summed E-state index contributed by atoms with van der Waals surface area (Å²) >= 11 is 6.90. The van der Waals surface area contributed by atoms with Gasteiger partial charge >= 0.3 is 0 Å². The lowest BCUT2D eigenvalue weighted by molar-refractivity contribution is -0.384. The average molecular weight is 585 g/mol. The Balaban J connectivity index is 1.35. The zero-order chi connectivity index (χ0) is 28.2. The second-order valence-electron chi connectivity index (χ2n) is 8.33. The standard InChI is InChI=1S/C26H21ClN4O6S2/c1-2-16-5-10-20(11-6-16)39(36,37)30-24(32)15-17-3-8-19(9-4-17)28-26-29-25(33)23(38-26)14-18-7-12-21(27)22(13-18)31(34)35/h3-14H,2,15H2,1H3,(H,30,32)(H,28,29,33)/b23-14-. The van der Waals surface area contributed by atoms with E-state index in [2.05, 4.69) is 15.0 Å². The van der Waals surface area contributed by atoms with Gasteiger partial charge in [0.05, 0.1) is 21.1 Å². The van der Waals surface area contributed by atoms with Crippen LogP contribution in [-0.2, 0) is 32.5 Å². The van der Waals surface area contributed by atoms with E-state index in [9.17, 15) is 28.1 Å². The Morgan fingerprint density at radius 1 is 1.08 bits per heavy atom. The number of aliphatic imine (C=N–C) groups is 1. The molecule has 0 unspecified atom stereocenters. The molecule has 1 aliphatic heterocycles. The number of rotatable bonds is 8. The molecule has 0 atom stereocenters. The number of carbonyl (C=O) groups excluding carboxylic acids is 2. The van der Waals surface area contributed by atoms with E-state index < -0.39 is 26.8 Å². The number of nitro groups is 1. The molecule has 0 aliphatic carbocycles. The van der Waals surface area contributed by atoms with E-state index in [0.29, 0.717) is 22.0 Å². The number of nitro benzene ring substituents is 1. The number of anilines is 1. The molecule has 4 rings (SSSR count). The molecule has 0 fully saturated rings. The van der Waals surface area contributed by atoms with Crippen LogP contribution in [-0.4, -0.2) is 30.3 Å². The van der Waals surface area contributed by atoms with Crippen LogP contribution in [0.2, 0.25) is 5.02 Å². The van der Waals surface area contributed by atoms with Crippen molar-refractivity contribution >= 4 is 67.8 Å². The SMILES string of the molecule is CCc1ccc(S(=O)(=O)NC(=O)Cc2ccc(NC3=NC(=O)/C(=C/c4ccc(Cl)c([N+](=O)[O-])c4)S3)cc2)cc1. The lowest BCUT2D eigenvalue weighted by Gasteiger charge is -2.09. The van der Waals surface area contributed by atoms with Gasteiger partial charge in [0.25, 0.3) is 21.6 Å². The van der Waals surface area contributed by atoms with E-state index in [1.165, 1.54) is 30.3 Å². The molecule has 2 amide bonds. The maximum absolute atomic E-state index is 12.5. The zero-order valence-corrected chi connectivity index (χ0v) is 22.8. The third-order valence-electron chi connectivity index (χ3n) is 5.55. The van der Waals surface area contributed by atoms with Crippen LogP contribution in [0.25, 0.3) is 6.08 Å². The highest BCUT2D eigenvalue weighted by Crippen LogP contribution is 2.31. The summed E-state index contributed by atoms with van der Waals surface area (Å²) in [7, 11) is -3.98. The average Bonchev–Trinajstić information content (AvgIpc) is 3.23. The topological polar surface area (TPSA) is 148 Å². The van der Waals surface area contributed by atoms with Gasteiger partial charge in [-0.2, -0.15) is 4.99 Å². The van der Waals surface area contributed by atoms with E-state index in [1.54, 1.807) is 42.5 Å². The molecule has 1 aliphatic rings. The molecular weight excluding hydrogens is 564 g/mol. The van der Waals surface area contributed by atoms with Crippen molar-refractivity contribution in [1.82, 2.24) is 4.72 Å². The second-order valence-corrected chi connectivity index (χ2v) is 11.4. The fraction of sp³-hybridized carbons (Fsp3) is 0.115. The molecule has 39 heavy (non-hydrogen) atoms. The number of aryl methyl sites for hydroxylation is 1. The zero-order valence-electron chi connectivity index (χ0n) is 20.4. The summed E-state index contributed by atoms with van der Waals surface area (Å²) in [5, 5.41) is 14.4. The quantitative estimate of drug-likeness (QED) is 0.215. The van der Waals surface area contributed by atoms with Crippen LogP contribution in [0.1, 0.15) is 23.6 Å². The van der Waals surface area contributed by atoms with Crippen LogP contribution in [0.3, 0.4) is 0 Å². The number of hydrogen-bond acceptors (Lipinski definition) is 8. The van der Waals surface area contributed by atoms with Crippen molar-refractivity contribution in [1.29, 1.82) is 0 Å². The highest BCUT2D eigenvalue weighted by atomic mass is 35.5. The maximum Gasteiger partial charge on any atom is 0.288 e. The molecule has 13 heteroatoms. The van der Waals surface area contributed by atoms with Crippen LogP contribution in [0.5, 0.6) is 0 Å². The monoisotopic (exact) mass is 584 g/mol. The van der Waals surface area contributed by atoms with Gasteiger partial charge in [-0.15, -0.1) is 0 Å². The normalized spacial score (nSPS) is 14.3. The van der Waals surface area contributed by atoms with Crippen molar-refractivity contribution in [2.45, 2.75) is 24.7 Å². The van der Waals surface area contributed by atoms with Gasteiger partial charge in [0, 0.05) is 11.8 Å². The van der Waals surface area contributed by atoms with Gasteiger partial charge in [-0.1, -0.05) is 48.9 Å². The van der Waals surface area contributed by atoms with E-state index in [1.807, 2.05) is 6.92 Å². The minimum absolute atomic E-state index is 0.00425. The maximum atomic E-state index is 12.5. The fourth-order valence-electron chi connectivity index (χ4n) is 3.54. The first-order valence-corrected chi connectivity index (χ1v) is 14.2. The van der Waals surface area contributed by atoms with Gasteiger partial charge in [0.1, 0.15) is 5.02 Å². The van der Waals surface area contributed by atoms with E-state index in [0.717, 1.165) is 23.7 Å². The molecule has 0 spiro atoms. The van der Waals surface area contributed by atoms with Crippen molar-refractivity contribution in [3.05, 3.63) is 103 Å². The molecule has 200 valence electrons. The minimum atomic E-state index is -3.98. The number of sulfonamides is 1. The highest BCUT2D eigenvalue weighted by molar-refractivity contribution is 8.18. The Morgan fingerprint density at radius 2 is 1.74 bits per heavy atom. The first-order chi connectivity index (χ1) is 18.5. The Morgan fingerprint density at radius 3 is 2.38 bits per heavy atom. The predicted molar refractivity (Wildman–Crippen MR) is 151 cm³/mol. The summed E-state index contributed by atoms with van der Waals surface area (Å²) in [6.07, 6.45) is 2.11.